The second-order valence-electron chi connectivity index (χ2n) is 7.92. The zero-order chi connectivity index (χ0) is 13.3. The predicted octanol–water partition coefficient (Wildman–Crippen LogP) is 2.95. The molecule has 5 fully saturated rings. The lowest BCUT2D eigenvalue weighted by Crippen LogP contribution is -2.45. The van der Waals surface area contributed by atoms with Gasteiger partial charge in [0, 0.05) is 5.92 Å². The fraction of sp³-hybridized carbons (Fsp3) is 0.875. The molecule has 1 aromatic heterocycles. The highest BCUT2D eigenvalue weighted by molar-refractivity contribution is 5.13. The molecule has 4 nitrogen and oxygen atoms in total. The van der Waals surface area contributed by atoms with Crippen molar-refractivity contribution in [2.24, 2.45) is 29.4 Å². The molecule has 0 radical (unpaired) electrons. The van der Waals surface area contributed by atoms with Crippen molar-refractivity contribution in [3.63, 3.8) is 0 Å². The van der Waals surface area contributed by atoms with E-state index in [1.165, 1.54) is 38.5 Å². The van der Waals surface area contributed by atoms with Gasteiger partial charge in [-0.25, -0.2) is 0 Å². The number of nitrogens with two attached hydrogens (primary N) is 1. The molecule has 0 amide bonds. The van der Waals surface area contributed by atoms with Crippen molar-refractivity contribution in [1.29, 1.82) is 0 Å². The van der Waals surface area contributed by atoms with Crippen molar-refractivity contribution in [3.8, 4) is 0 Å². The number of hydrogen-bond acceptors (Lipinski definition) is 4. The van der Waals surface area contributed by atoms with Gasteiger partial charge in [-0.2, -0.15) is 4.98 Å². The van der Waals surface area contributed by atoms with E-state index in [0.717, 1.165) is 48.2 Å². The number of hydrogen-bond donors (Lipinski definition) is 1. The number of nitrogens with zero attached hydrogens (tertiary/aromatic N) is 2. The zero-order valence-corrected chi connectivity index (χ0v) is 11.9. The molecule has 4 heteroatoms. The van der Waals surface area contributed by atoms with Crippen molar-refractivity contribution < 1.29 is 4.52 Å². The minimum absolute atomic E-state index is 0.284. The molecular weight excluding hydrogens is 250 g/mol. The molecule has 2 N–H and O–H groups in total. The first-order valence-electron chi connectivity index (χ1n) is 8.34. The molecular formula is C16H23N3O. The molecule has 0 aromatic carbocycles. The number of rotatable bonds is 2. The second kappa shape index (κ2) is 3.85. The quantitative estimate of drug-likeness (QED) is 0.899. The van der Waals surface area contributed by atoms with Gasteiger partial charge in [-0.05, 0) is 75.0 Å². The van der Waals surface area contributed by atoms with E-state index >= 15 is 0 Å². The van der Waals surface area contributed by atoms with E-state index in [-0.39, 0.29) is 5.54 Å². The van der Waals surface area contributed by atoms with Crippen LogP contribution >= 0.6 is 0 Å². The summed E-state index contributed by atoms with van der Waals surface area (Å²) in [5.41, 5.74) is 6.04. The van der Waals surface area contributed by atoms with Gasteiger partial charge >= 0.3 is 0 Å². The first kappa shape index (κ1) is 11.7. The summed E-state index contributed by atoms with van der Waals surface area (Å²) >= 11 is 0. The average Bonchev–Trinajstić information content (AvgIpc) is 2.84. The highest BCUT2D eigenvalue weighted by atomic mass is 16.5. The summed E-state index contributed by atoms with van der Waals surface area (Å²) in [6, 6.07) is 0. The van der Waals surface area contributed by atoms with Crippen LogP contribution in [-0.2, 0) is 5.54 Å². The molecule has 108 valence electrons. The third-order valence-corrected chi connectivity index (χ3v) is 6.64. The van der Waals surface area contributed by atoms with Crippen LogP contribution in [0.1, 0.15) is 69.0 Å². The lowest BCUT2D eigenvalue weighted by molar-refractivity contribution is -0.0131. The van der Waals surface area contributed by atoms with E-state index in [1.807, 2.05) is 0 Å². The van der Waals surface area contributed by atoms with Gasteiger partial charge in [-0.15, -0.1) is 0 Å². The third-order valence-electron chi connectivity index (χ3n) is 6.64. The van der Waals surface area contributed by atoms with Gasteiger partial charge in [-0.1, -0.05) is 5.16 Å². The van der Waals surface area contributed by atoms with Crippen molar-refractivity contribution in [2.45, 2.75) is 62.8 Å². The lowest BCUT2D eigenvalue weighted by Gasteiger charge is -2.53. The van der Waals surface area contributed by atoms with Gasteiger partial charge in [-0.3, -0.25) is 0 Å². The van der Waals surface area contributed by atoms with E-state index in [1.54, 1.807) is 0 Å². The van der Waals surface area contributed by atoms with Crippen LogP contribution < -0.4 is 5.73 Å². The molecule has 0 unspecified atom stereocenters. The van der Waals surface area contributed by atoms with Gasteiger partial charge < -0.3 is 10.3 Å². The molecule has 6 rings (SSSR count). The summed E-state index contributed by atoms with van der Waals surface area (Å²) in [6.45, 7) is 0. The Morgan fingerprint density at radius 1 is 1.00 bits per heavy atom. The summed E-state index contributed by atoms with van der Waals surface area (Å²) in [5.74, 6) is 5.79. The van der Waals surface area contributed by atoms with Crippen LogP contribution in [0.3, 0.4) is 0 Å². The summed E-state index contributed by atoms with van der Waals surface area (Å²) in [5, 5.41) is 4.23. The van der Waals surface area contributed by atoms with E-state index in [0.29, 0.717) is 5.92 Å². The molecule has 5 saturated carbocycles. The van der Waals surface area contributed by atoms with Crippen LogP contribution in [0.25, 0.3) is 0 Å². The first-order chi connectivity index (χ1) is 9.71. The van der Waals surface area contributed by atoms with Crippen molar-refractivity contribution in [3.05, 3.63) is 11.7 Å². The minimum atomic E-state index is -0.284. The molecule has 0 saturated heterocycles. The summed E-state index contributed by atoms with van der Waals surface area (Å²) in [7, 11) is 0. The Morgan fingerprint density at radius 3 is 2.20 bits per heavy atom. The topological polar surface area (TPSA) is 64.9 Å². The number of aromatic nitrogens is 2. The fourth-order valence-corrected chi connectivity index (χ4v) is 5.68. The first-order valence-corrected chi connectivity index (χ1v) is 8.34. The Hall–Kier alpha value is -0.900. The molecule has 1 heterocycles. The van der Waals surface area contributed by atoms with Gasteiger partial charge in [0.1, 0.15) is 0 Å². The zero-order valence-electron chi connectivity index (χ0n) is 11.9. The molecule has 5 aliphatic carbocycles. The van der Waals surface area contributed by atoms with Crippen LogP contribution in [0.2, 0.25) is 0 Å². The van der Waals surface area contributed by atoms with Gasteiger partial charge in [0.05, 0.1) is 5.54 Å². The van der Waals surface area contributed by atoms with Crippen LogP contribution in [0.15, 0.2) is 4.52 Å². The van der Waals surface area contributed by atoms with Crippen molar-refractivity contribution in [1.82, 2.24) is 10.1 Å². The SMILES string of the molecule is NC1(c2noc(C3C4CC5CC(C4)CC3C5)n2)CCC1. The lowest BCUT2D eigenvalue weighted by atomic mass is 9.52. The maximum Gasteiger partial charge on any atom is 0.230 e. The van der Waals surface area contributed by atoms with Gasteiger partial charge in [0.2, 0.25) is 5.89 Å². The maximum atomic E-state index is 6.33. The highest BCUT2D eigenvalue weighted by Gasteiger charge is 2.51. The maximum absolute atomic E-state index is 6.33. The Balaban J connectivity index is 1.45. The Bertz CT molecular complexity index is 506. The summed E-state index contributed by atoms with van der Waals surface area (Å²) in [4.78, 5) is 4.75. The molecule has 20 heavy (non-hydrogen) atoms. The molecule has 5 aliphatic rings. The Morgan fingerprint density at radius 2 is 1.65 bits per heavy atom. The van der Waals surface area contributed by atoms with Crippen molar-refractivity contribution >= 4 is 0 Å². The Labute approximate surface area is 119 Å². The highest BCUT2D eigenvalue weighted by Crippen LogP contribution is 2.59. The predicted molar refractivity (Wildman–Crippen MR) is 73.8 cm³/mol. The third kappa shape index (κ3) is 1.51. The Kier molecular flexibility index (Phi) is 2.25. The van der Waals surface area contributed by atoms with Crippen LogP contribution in [0.4, 0.5) is 0 Å². The summed E-state index contributed by atoms with van der Waals surface area (Å²) < 4.78 is 5.67. The largest absolute Gasteiger partial charge is 0.339 e. The minimum Gasteiger partial charge on any atom is -0.339 e. The van der Waals surface area contributed by atoms with E-state index in [9.17, 15) is 0 Å². The van der Waals surface area contributed by atoms with E-state index < -0.39 is 0 Å². The smallest absolute Gasteiger partial charge is 0.230 e. The van der Waals surface area contributed by atoms with Crippen molar-refractivity contribution in [2.75, 3.05) is 0 Å². The van der Waals surface area contributed by atoms with Crippen LogP contribution in [-0.4, -0.2) is 10.1 Å². The monoisotopic (exact) mass is 273 g/mol. The van der Waals surface area contributed by atoms with Gasteiger partial charge in [0.25, 0.3) is 0 Å². The summed E-state index contributed by atoms with van der Waals surface area (Å²) in [6.07, 6.45) is 10.3. The second-order valence-corrected chi connectivity index (χ2v) is 7.92. The normalized spacial score (nSPS) is 44.5. The van der Waals surface area contributed by atoms with Crippen LogP contribution in [0, 0.1) is 23.7 Å². The molecule has 0 spiro atoms. The molecule has 4 bridgehead atoms. The molecule has 1 aromatic rings. The van der Waals surface area contributed by atoms with Crippen LogP contribution in [0.5, 0.6) is 0 Å². The van der Waals surface area contributed by atoms with E-state index in [4.69, 9.17) is 15.2 Å². The molecule has 0 aliphatic heterocycles. The van der Waals surface area contributed by atoms with E-state index in [2.05, 4.69) is 5.16 Å². The average molecular weight is 273 g/mol. The van der Waals surface area contributed by atoms with Gasteiger partial charge in [0.15, 0.2) is 5.82 Å². The fourth-order valence-electron chi connectivity index (χ4n) is 5.68. The standard InChI is InChI=1S/C16H23N3O/c17-16(2-1-3-16)15-18-14(20-19-15)13-11-5-9-4-10(7-11)8-12(13)6-9/h9-13H,1-8,17H2. The molecule has 0 atom stereocenters.